The van der Waals surface area contributed by atoms with Crippen LogP contribution in [0.5, 0.6) is 17.2 Å². The summed E-state index contributed by atoms with van der Waals surface area (Å²) >= 11 is 0. The quantitative estimate of drug-likeness (QED) is 0.650. The van der Waals surface area contributed by atoms with Gasteiger partial charge in [0, 0.05) is 29.1 Å². The highest BCUT2D eigenvalue weighted by atomic mass is 16.5. The highest BCUT2D eigenvalue weighted by molar-refractivity contribution is 5.78. The summed E-state index contributed by atoms with van der Waals surface area (Å²) in [7, 11) is 0. The van der Waals surface area contributed by atoms with Crippen LogP contribution in [0.1, 0.15) is 30.5 Å². The van der Waals surface area contributed by atoms with Crippen molar-refractivity contribution >= 4 is 6.02 Å². The number of pyridine rings is 1. The fourth-order valence-electron chi connectivity index (χ4n) is 4.08. The fourth-order valence-corrected chi connectivity index (χ4v) is 4.08. The minimum atomic E-state index is -0.952. The van der Waals surface area contributed by atoms with E-state index in [1.54, 1.807) is 13.8 Å². The molecule has 0 bridgehead atoms. The Kier molecular flexibility index (Phi) is 4.60. The Hall–Kier alpha value is -3.58. The summed E-state index contributed by atoms with van der Waals surface area (Å²) < 4.78 is 17.7. The van der Waals surface area contributed by atoms with Crippen LogP contribution in [0.2, 0.25) is 0 Å². The molecular formula is C25H25N3O4. The molecule has 164 valence electrons. The highest BCUT2D eigenvalue weighted by Crippen LogP contribution is 2.52. The Morgan fingerprint density at radius 1 is 1.06 bits per heavy atom. The lowest BCUT2D eigenvalue weighted by molar-refractivity contribution is 0.0284. The molecule has 1 aromatic heterocycles. The van der Waals surface area contributed by atoms with Crippen LogP contribution >= 0.6 is 0 Å². The number of hydrogen-bond donors (Lipinski definition) is 2. The Labute approximate surface area is 186 Å². The van der Waals surface area contributed by atoms with Gasteiger partial charge < -0.3 is 25.1 Å². The number of benzene rings is 2. The molecule has 7 nitrogen and oxygen atoms in total. The van der Waals surface area contributed by atoms with E-state index >= 15 is 0 Å². The SMILES string of the molecule is Cc1cncc(-c2ccc3c(c2)[C@@]2(COC(N)=N2)c2cc(OCC(C)(C)O)ccc2O3)c1. The number of ether oxygens (including phenoxy) is 3. The lowest BCUT2D eigenvalue weighted by atomic mass is 9.80. The number of nitrogens with zero attached hydrogens (tertiary/aromatic N) is 2. The molecule has 0 radical (unpaired) electrons. The number of fused-ring (bicyclic) bond motifs is 4. The van der Waals surface area contributed by atoms with Crippen LogP contribution in [0.25, 0.3) is 11.1 Å². The average molecular weight is 431 g/mol. The van der Waals surface area contributed by atoms with Crippen LogP contribution in [0.15, 0.2) is 59.9 Å². The molecule has 0 saturated carbocycles. The van der Waals surface area contributed by atoms with Gasteiger partial charge in [-0.2, -0.15) is 0 Å². The van der Waals surface area contributed by atoms with Crippen molar-refractivity contribution in [1.82, 2.24) is 4.98 Å². The molecule has 32 heavy (non-hydrogen) atoms. The first-order chi connectivity index (χ1) is 15.2. The second-order valence-electron chi connectivity index (χ2n) is 8.92. The van der Waals surface area contributed by atoms with Gasteiger partial charge in [0.15, 0.2) is 5.54 Å². The maximum atomic E-state index is 10.0. The summed E-state index contributed by atoms with van der Waals surface area (Å²) in [6, 6.07) is 13.8. The molecule has 2 aliphatic heterocycles. The lowest BCUT2D eigenvalue weighted by Gasteiger charge is -2.34. The molecule has 1 atom stereocenters. The molecule has 5 rings (SSSR count). The predicted molar refractivity (Wildman–Crippen MR) is 121 cm³/mol. The van der Waals surface area contributed by atoms with Gasteiger partial charge in [0.05, 0.1) is 5.60 Å². The molecule has 2 aromatic carbocycles. The largest absolute Gasteiger partial charge is 0.491 e. The van der Waals surface area contributed by atoms with Crippen LogP contribution in [0.4, 0.5) is 0 Å². The van der Waals surface area contributed by atoms with E-state index in [1.165, 1.54) is 0 Å². The standard InChI is InChI=1S/C25H25N3O4/c1-15-8-17(12-27-11-15)16-4-6-21-19(9-16)25(14-31-23(26)28-25)20-10-18(5-7-22(20)32-21)30-13-24(2,3)29/h4-12,29H,13-14H2,1-3H3,(H2,26,28)/t25-/m0/s1. The minimum Gasteiger partial charge on any atom is -0.491 e. The van der Waals surface area contributed by atoms with E-state index in [4.69, 9.17) is 24.9 Å². The van der Waals surface area contributed by atoms with Crippen LogP contribution in [-0.2, 0) is 10.3 Å². The molecular weight excluding hydrogens is 406 g/mol. The van der Waals surface area contributed by atoms with Gasteiger partial charge in [0.1, 0.15) is 30.5 Å². The number of aliphatic imine (C=N–C) groups is 1. The Bertz CT molecular complexity index is 1230. The van der Waals surface area contributed by atoms with Crippen LogP contribution in [-0.4, -0.2) is 34.9 Å². The monoisotopic (exact) mass is 431 g/mol. The van der Waals surface area contributed by atoms with Crippen molar-refractivity contribution in [3.05, 3.63) is 71.5 Å². The van der Waals surface area contributed by atoms with Crippen molar-refractivity contribution in [3.8, 4) is 28.4 Å². The maximum absolute atomic E-state index is 10.0. The first-order valence-electron chi connectivity index (χ1n) is 10.5. The van der Waals surface area contributed by atoms with E-state index in [0.717, 1.165) is 27.8 Å². The van der Waals surface area contributed by atoms with Gasteiger partial charge in [0.25, 0.3) is 6.02 Å². The smallest absolute Gasteiger partial charge is 0.283 e. The predicted octanol–water partition coefficient (Wildman–Crippen LogP) is 3.90. The van der Waals surface area contributed by atoms with Gasteiger partial charge in [-0.05, 0) is 68.3 Å². The number of hydrogen-bond acceptors (Lipinski definition) is 7. The van der Waals surface area contributed by atoms with Crippen molar-refractivity contribution in [3.63, 3.8) is 0 Å². The number of aryl methyl sites for hydroxylation is 1. The second kappa shape index (κ2) is 7.24. The van der Waals surface area contributed by atoms with E-state index in [1.807, 2.05) is 49.6 Å². The van der Waals surface area contributed by atoms with Crippen LogP contribution in [0, 0.1) is 6.92 Å². The van der Waals surface area contributed by atoms with Crippen molar-refractivity contribution in [1.29, 1.82) is 0 Å². The maximum Gasteiger partial charge on any atom is 0.283 e. The summed E-state index contributed by atoms with van der Waals surface area (Å²) in [6.07, 6.45) is 3.66. The van der Waals surface area contributed by atoms with E-state index in [-0.39, 0.29) is 19.2 Å². The van der Waals surface area contributed by atoms with E-state index < -0.39 is 11.1 Å². The molecule has 0 aliphatic carbocycles. The molecule has 0 unspecified atom stereocenters. The zero-order chi connectivity index (χ0) is 22.5. The Morgan fingerprint density at radius 2 is 1.81 bits per heavy atom. The topological polar surface area (TPSA) is 99.2 Å². The van der Waals surface area contributed by atoms with E-state index in [2.05, 4.69) is 17.1 Å². The average Bonchev–Trinajstić information content (AvgIpc) is 3.14. The summed E-state index contributed by atoms with van der Waals surface area (Å²) in [4.78, 5) is 9.06. The van der Waals surface area contributed by atoms with Crippen LogP contribution in [0.3, 0.4) is 0 Å². The second-order valence-corrected chi connectivity index (χ2v) is 8.92. The molecule has 0 fully saturated rings. The van der Waals surface area contributed by atoms with Gasteiger partial charge in [-0.1, -0.05) is 6.07 Å². The third-order valence-corrected chi connectivity index (χ3v) is 5.57. The first kappa shape index (κ1) is 20.3. The van der Waals surface area contributed by atoms with Gasteiger partial charge in [-0.15, -0.1) is 0 Å². The van der Waals surface area contributed by atoms with E-state index in [0.29, 0.717) is 17.2 Å². The molecule has 3 N–H and O–H groups in total. The van der Waals surface area contributed by atoms with Crippen LogP contribution < -0.4 is 15.2 Å². The minimum absolute atomic E-state index is 0.134. The fraction of sp³-hybridized carbons (Fsp3) is 0.280. The Balaban J connectivity index is 1.63. The number of rotatable bonds is 4. The summed E-state index contributed by atoms with van der Waals surface area (Å²) in [5.74, 6) is 1.98. The van der Waals surface area contributed by atoms with Crippen molar-refractivity contribution < 1.29 is 19.3 Å². The van der Waals surface area contributed by atoms with Gasteiger partial charge >= 0.3 is 0 Å². The van der Waals surface area contributed by atoms with Crippen molar-refractivity contribution in [2.75, 3.05) is 13.2 Å². The molecule has 2 aliphatic rings. The molecule has 0 saturated heterocycles. The highest BCUT2D eigenvalue weighted by Gasteiger charge is 2.47. The van der Waals surface area contributed by atoms with Gasteiger partial charge in [-0.25, -0.2) is 4.99 Å². The number of amidine groups is 1. The summed E-state index contributed by atoms with van der Waals surface area (Å²) in [6.45, 7) is 5.82. The molecule has 1 spiro atoms. The Morgan fingerprint density at radius 3 is 2.50 bits per heavy atom. The molecule has 7 heteroatoms. The zero-order valence-electron chi connectivity index (χ0n) is 18.3. The third-order valence-electron chi connectivity index (χ3n) is 5.57. The zero-order valence-corrected chi connectivity index (χ0v) is 18.3. The third kappa shape index (κ3) is 3.54. The number of nitrogens with two attached hydrogens (primary N) is 1. The molecule has 0 amide bonds. The van der Waals surface area contributed by atoms with Crippen molar-refractivity contribution in [2.45, 2.75) is 31.9 Å². The lowest BCUT2D eigenvalue weighted by Crippen LogP contribution is -2.31. The van der Waals surface area contributed by atoms with Crippen molar-refractivity contribution in [2.24, 2.45) is 10.7 Å². The van der Waals surface area contributed by atoms with Gasteiger partial charge in [0.2, 0.25) is 0 Å². The van der Waals surface area contributed by atoms with E-state index in [9.17, 15) is 5.11 Å². The van der Waals surface area contributed by atoms with Gasteiger partial charge in [-0.3, -0.25) is 4.98 Å². The molecule has 3 heterocycles. The number of aromatic nitrogens is 1. The molecule has 3 aromatic rings. The summed E-state index contributed by atoms with van der Waals surface area (Å²) in [5, 5.41) is 10.0. The number of aliphatic hydroxyl groups is 1. The summed E-state index contributed by atoms with van der Waals surface area (Å²) in [5.41, 5.74) is 8.94. The first-order valence-corrected chi connectivity index (χ1v) is 10.5. The normalized spacial score (nSPS) is 18.9.